The van der Waals surface area contributed by atoms with Gasteiger partial charge in [-0.3, -0.25) is 0 Å². The van der Waals surface area contributed by atoms with E-state index in [0.717, 1.165) is 0 Å². The third kappa shape index (κ3) is 2.60. The molecular weight excluding hydrogens is 258 g/mol. The van der Waals surface area contributed by atoms with Gasteiger partial charge in [-0.15, -0.1) is 0 Å². The van der Waals surface area contributed by atoms with Crippen molar-refractivity contribution in [2.45, 2.75) is 25.8 Å². The van der Waals surface area contributed by atoms with Gasteiger partial charge in [0.05, 0.1) is 25.3 Å². The van der Waals surface area contributed by atoms with Crippen LogP contribution in [0.5, 0.6) is 11.5 Å². The highest BCUT2D eigenvalue weighted by Crippen LogP contribution is 2.33. The van der Waals surface area contributed by atoms with E-state index in [1.807, 2.05) is 26.0 Å². The molecule has 2 rings (SSSR count). The number of nitrogens with two attached hydrogens (primary N) is 1. The Morgan fingerprint density at radius 3 is 2.65 bits per heavy atom. The molecule has 0 aliphatic heterocycles. The van der Waals surface area contributed by atoms with Crippen molar-refractivity contribution in [1.82, 2.24) is 10.1 Å². The lowest BCUT2D eigenvalue weighted by atomic mass is 10.00. The molecule has 0 bridgehead atoms. The third-order valence-electron chi connectivity index (χ3n) is 3.31. The summed E-state index contributed by atoms with van der Waals surface area (Å²) in [4.78, 5) is 4.36. The fourth-order valence-electron chi connectivity index (χ4n) is 1.70. The molecule has 0 saturated carbocycles. The second kappa shape index (κ2) is 5.50. The van der Waals surface area contributed by atoms with Crippen LogP contribution in [-0.4, -0.2) is 24.4 Å². The van der Waals surface area contributed by atoms with Crippen LogP contribution in [0.1, 0.15) is 26.1 Å². The summed E-state index contributed by atoms with van der Waals surface area (Å²) >= 11 is 0. The smallest absolute Gasteiger partial charge is 0.261 e. The molecule has 2 aromatic rings. The summed E-state index contributed by atoms with van der Waals surface area (Å²) in [6.07, 6.45) is 0.714. The molecule has 0 fully saturated rings. The van der Waals surface area contributed by atoms with Crippen LogP contribution in [0.25, 0.3) is 11.5 Å². The zero-order chi connectivity index (χ0) is 14.8. The van der Waals surface area contributed by atoms with Crippen molar-refractivity contribution in [3.05, 3.63) is 24.0 Å². The minimum absolute atomic E-state index is 0.379. The van der Waals surface area contributed by atoms with Crippen molar-refractivity contribution < 1.29 is 14.0 Å². The van der Waals surface area contributed by atoms with E-state index in [9.17, 15) is 0 Å². The van der Waals surface area contributed by atoms with E-state index in [0.29, 0.717) is 35.2 Å². The van der Waals surface area contributed by atoms with Crippen LogP contribution < -0.4 is 15.2 Å². The summed E-state index contributed by atoms with van der Waals surface area (Å²) in [7, 11) is 3.18. The van der Waals surface area contributed by atoms with Gasteiger partial charge in [-0.05, 0) is 25.5 Å². The third-order valence-corrected chi connectivity index (χ3v) is 3.31. The normalized spacial score (nSPS) is 13.8. The molecule has 0 aliphatic rings. The number of hydrogen-bond acceptors (Lipinski definition) is 6. The zero-order valence-electron chi connectivity index (χ0n) is 12.1. The number of benzene rings is 1. The van der Waals surface area contributed by atoms with Crippen LogP contribution in [0.2, 0.25) is 0 Å². The molecule has 1 unspecified atom stereocenters. The minimum atomic E-state index is -0.610. The van der Waals surface area contributed by atoms with Gasteiger partial charge in [-0.25, -0.2) is 0 Å². The van der Waals surface area contributed by atoms with Crippen molar-refractivity contribution in [3.8, 4) is 23.0 Å². The SMILES string of the molecule is CCC(C)(N)c1noc(-c2ccc(OC)cc2OC)n1. The molecular formula is C14H19N3O3. The molecule has 1 aromatic carbocycles. The molecule has 6 heteroatoms. The van der Waals surface area contributed by atoms with Crippen molar-refractivity contribution in [1.29, 1.82) is 0 Å². The fraction of sp³-hybridized carbons (Fsp3) is 0.429. The first-order valence-corrected chi connectivity index (χ1v) is 6.37. The number of rotatable bonds is 5. The maximum Gasteiger partial charge on any atom is 0.261 e. The van der Waals surface area contributed by atoms with Gasteiger partial charge in [0.2, 0.25) is 0 Å². The highest BCUT2D eigenvalue weighted by Gasteiger charge is 2.26. The van der Waals surface area contributed by atoms with E-state index in [-0.39, 0.29) is 0 Å². The summed E-state index contributed by atoms with van der Waals surface area (Å²) in [6.45, 7) is 3.84. The molecule has 0 aliphatic carbocycles. The molecule has 1 aromatic heterocycles. The van der Waals surface area contributed by atoms with Gasteiger partial charge in [0.25, 0.3) is 5.89 Å². The lowest BCUT2D eigenvalue weighted by Gasteiger charge is -2.16. The lowest BCUT2D eigenvalue weighted by Crippen LogP contribution is -2.33. The number of methoxy groups -OCH3 is 2. The van der Waals surface area contributed by atoms with Crippen molar-refractivity contribution in [3.63, 3.8) is 0 Å². The quantitative estimate of drug-likeness (QED) is 0.903. The van der Waals surface area contributed by atoms with E-state index in [1.54, 1.807) is 20.3 Å². The number of hydrogen-bond donors (Lipinski definition) is 1. The average Bonchev–Trinajstić information content (AvgIpc) is 2.96. The van der Waals surface area contributed by atoms with E-state index in [2.05, 4.69) is 10.1 Å². The maximum atomic E-state index is 6.11. The molecule has 2 N–H and O–H groups in total. The summed E-state index contributed by atoms with van der Waals surface area (Å²) in [5.41, 5.74) is 6.21. The first-order valence-electron chi connectivity index (χ1n) is 6.37. The molecule has 0 spiro atoms. The molecule has 108 valence electrons. The van der Waals surface area contributed by atoms with Gasteiger partial charge in [0, 0.05) is 6.07 Å². The van der Waals surface area contributed by atoms with Crippen LogP contribution in [-0.2, 0) is 5.54 Å². The monoisotopic (exact) mass is 277 g/mol. The van der Waals surface area contributed by atoms with E-state index < -0.39 is 5.54 Å². The van der Waals surface area contributed by atoms with Gasteiger partial charge in [0.1, 0.15) is 11.5 Å². The second-order valence-electron chi connectivity index (χ2n) is 4.76. The average molecular weight is 277 g/mol. The molecule has 0 amide bonds. The Bertz CT molecular complexity index is 593. The van der Waals surface area contributed by atoms with Crippen LogP contribution in [0.15, 0.2) is 22.7 Å². The number of nitrogens with zero attached hydrogens (tertiary/aromatic N) is 2. The Labute approximate surface area is 117 Å². The van der Waals surface area contributed by atoms with Gasteiger partial charge in [-0.2, -0.15) is 4.98 Å². The summed E-state index contributed by atoms with van der Waals surface area (Å²) in [6, 6.07) is 5.39. The van der Waals surface area contributed by atoms with Crippen molar-refractivity contribution >= 4 is 0 Å². The maximum absolute atomic E-state index is 6.11. The van der Waals surface area contributed by atoms with Crippen LogP contribution in [0.4, 0.5) is 0 Å². The molecule has 6 nitrogen and oxygen atoms in total. The van der Waals surface area contributed by atoms with E-state index in [1.165, 1.54) is 0 Å². The lowest BCUT2D eigenvalue weighted by molar-refractivity contribution is 0.374. The van der Waals surface area contributed by atoms with Crippen molar-refractivity contribution in [2.24, 2.45) is 5.73 Å². The first kappa shape index (κ1) is 14.3. The molecule has 0 saturated heterocycles. The Hall–Kier alpha value is -2.08. The van der Waals surface area contributed by atoms with Crippen LogP contribution in [0.3, 0.4) is 0 Å². The van der Waals surface area contributed by atoms with E-state index >= 15 is 0 Å². The predicted molar refractivity (Wildman–Crippen MR) is 74.7 cm³/mol. The highest BCUT2D eigenvalue weighted by molar-refractivity contribution is 5.64. The molecule has 0 radical (unpaired) electrons. The Morgan fingerprint density at radius 2 is 2.05 bits per heavy atom. The Kier molecular flexibility index (Phi) is 3.94. The van der Waals surface area contributed by atoms with Crippen molar-refractivity contribution in [2.75, 3.05) is 14.2 Å². The topological polar surface area (TPSA) is 83.4 Å². The summed E-state index contributed by atoms with van der Waals surface area (Å²) in [5.74, 6) is 2.16. The predicted octanol–water partition coefficient (Wildman–Crippen LogP) is 2.34. The highest BCUT2D eigenvalue weighted by atomic mass is 16.5. The van der Waals surface area contributed by atoms with Gasteiger partial charge < -0.3 is 19.7 Å². The fourth-order valence-corrected chi connectivity index (χ4v) is 1.70. The largest absolute Gasteiger partial charge is 0.497 e. The van der Waals surface area contributed by atoms with Gasteiger partial charge >= 0.3 is 0 Å². The van der Waals surface area contributed by atoms with E-state index in [4.69, 9.17) is 19.7 Å². The number of ether oxygens (including phenoxy) is 2. The Balaban J connectivity index is 2.42. The van der Waals surface area contributed by atoms with Crippen LogP contribution >= 0.6 is 0 Å². The zero-order valence-corrected chi connectivity index (χ0v) is 12.1. The summed E-state index contributed by atoms with van der Waals surface area (Å²) < 4.78 is 15.8. The Morgan fingerprint density at radius 1 is 1.30 bits per heavy atom. The first-order chi connectivity index (χ1) is 9.51. The molecule has 1 heterocycles. The molecule has 1 atom stereocenters. The standard InChI is InChI=1S/C14H19N3O3/c1-5-14(2,15)13-16-12(20-17-13)10-7-6-9(18-3)8-11(10)19-4/h6-8H,5,15H2,1-4H3. The summed E-state index contributed by atoms with van der Waals surface area (Å²) in [5, 5.41) is 3.96. The van der Waals surface area contributed by atoms with Gasteiger partial charge in [0.15, 0.2) is 5.82 Å². The van der Waals surface area contributed by atoms with Gasteiger partial charge in [-0.1, -0.05) is 12.1 Å². The molecule has 20 heavy (non-hydrogen) atoms. The van der Waals surface area contributed by atoms with Crippen LogP contribution in [0, 0.1) is 0 Å². The minimum Gasteiger partial charge on any atom is -0.497 e. The number of aromatic nitrogens is 2. The second-order valence-corrected chi connectivity index (χ2v) is 4.76.